The Hall–Kier alpha value is -3.35. The number of nitrogens with one attached hydrogen (secondary N) is 1. The molecule has 1 amide bonds. The standard InChI is InChI=1S/C24H17F3N2O2Se/c1-31-17-9-7-15(8-10-17)22-20(11-14-5-3-2-4-6-14)32-24(28-22)29-23(30)16-12-18(25)21(27)19(26)13-16/h2-10,12-13H,11H2,1H3,(H,28,29,30). The van der Waals surface area contributed by atoms with Gasteiger partial charge in [-0.25, -0.2) is 0 Å². The SMILES string of the molecule is COc1ccc(-c2nc(NC(=O)c3cc(F)c(F)c(F)c3)[se]c2Cc2ccccc2)cc1. The summed E-state index contributed by atoms with van der Waals surface area (Å²) in [6.45, 7) is 0. The van der Waals surface area contributed by atoms with Crippen LogP contribution in [0.5, 0.6) is 5.75 Å². The van der Waals surface area contributed by atoms with E-state index < -0.39 is 23.4 Å². The molecule has 4 rings (SSSR count). The Kier molecular flexibility index (Phi) is 6.44. The second-order valence-electron chi connectivity index (χ2n) is 6.89. The van der Waals surface area contributed by atoms with Gasteiger partial charge < -0.3 is 0 Å². The van der Waals surface area contributed by atoms with Crippen molar-refractivity contribution >= 4 is 25.1 Å². The van der Waals surface area contributed by atoms with Crippen molar-refractivity contribution in [3.05, 3.63) is 99.7 Å². The molecule has 0 bridgehead atoms. The van der Waals surface area contributed by atoms with Crippen molar-refractivity contribution < 1.29 is 22.7 Å². The number of carbonyl (C=O) groups excluding carboxylic acids is 1. The number of halogens is 3. The Morgan fingerprint density at radius 3 is 2.28 bits per heavy atom. The van der Waals surface area contributed by atoms with Crippen molar-refractivity contribution in [3.63, 3.8) is 0 Å². The third-order valence-corrected chi connectivity index (χ3v) is 6.77. The molecule has 1 aromatic heterocycles. The molecule has 32 heavy (non-hydrogen) atoms. The molecule has 1 heterocycles. The van der Waals surface area contributed by atoms with Crippen LogP contribution in [0.4, 0.5) is 17.9 Å². The first-order chi connectivity index (χ1) is 15.4. The predicted molar refractivity (Wildman–Crippen MR) is 117 cm³/mol. The molecule has 4 nitrogen and oxygen atoms in total. The van der Waals surface area contributed by atoms with Gasteiger partial charge in [0, 0.05) is 0 Å². The molecule has 8 heteroatoms. The van der Waals surface area contributed by atoms with Crippen molar-refractivity contribution in [2.45, 2.75) is 6.42 Å². The second-order valence-corrected chi connectivity index (χ2v) is 9.16. The second kappa shape index (κ2) is 9.42. The van der Waals surface area contributed by atoms with Crippen LogP contribution in [0.15, 0.2) is 66.7 Å². The zero-order valence-electron chi connectivity index (χ0n) is 16.9. The monoisotopic (exact) mass is 502 g/mol. The van der Waals surface area contributed by atoms with E-state index in [4.69, 9.17) is 4.74 Å². The van der Waals surface area contributed by atoms with Gasteiger partial charge in [-0.1, -0.05) is 0 Å². The summed E-state index contributed by atoms with van der Waals surface area (Å²) < 4.78 is 46.9. The van der Waals surface area contributed by atoms with Crippen LogP contribution in [0.1, 0.15) is 20.4 Å². The van der Waals surface area contributed by atoms with Gasteiger partial charge in [0.2, 0.25) is 0 Å². The van der Waals surface area contributed by atoms with E-state index in [-0.39, 0.29) is 20.1 Å². The number of ether oxygens (including phenoxy) is 1. The predicted octanol–water partition coefficient (Wildman–Crippen LogP) is 5.07. The average Bonchev–Trinajstić information content (AvgIpc) is 3.19. The van der Waals surface area contributed by atoms with Gasteiger partial charge in [0.15, 0.2) is 0 Å². The maximum atomic E-state index is 13.5. The van der Waals surface area contributed by atoms with Gasteiger partial charge in [-0.15, -0.1) is 0 Å². The number of amides is 1. The van der Waals surface area contributed by atoms with E-state index in [0.717, 1.165) is 21.3 Å². The number of nitrogens with zero attached hydrogens (tertiary/aromatic N) is 1. The summed E-state index contributed by atoms with van der Waals surface area (Å²) in [6.07, 6.45) is 0.644. The van der Waals surface area contributed by atoms with Gasteiger partial charge >= 0.3 is 188 Å². The van der Waals surface area contributed by atoms with Gasteiger partial charge in [-0.05, 0) is 0 Å². The number of carbonyl (C=O) groups is 1. The van der Waals surface area contributed by atoms with Crippen LogP contribution in [0, 0.1) is 17.5 Å². The summed E-state index contributed by atoms with van der Waals surface area (Å²) in [5.41, 5.74) is 2.38. The minimum atomic E-state index is -1.61. The van der Waals surface area contributed by atoms with Crippen LogP contribution in [-0.4, -0.2) is 32.5 Å². The van der Waals surface area contributed by atoms with Gasteiger partial charge in [0.05, 0.1) is 0 Å². The zero-order valence-corrected chi connectivity index (χ0v) is 18.6. The molecule has 0 atom stereocenters. The van der Waals surface area contributed by atoms with E-state index in [1.54, 1.807) is 7.11 Å². The van der Waals surface area contributed by atoms with Crippen molar-refractivity contribution in [1.82, 2.24) is 4.98 Å². The molecule has 0 spiro atoms. The Morgan fingerprint density at radius 2 is 1.66 bits per heavy atom. The summed E-state index contributed by atoms with van der Waals surface area (Å²) in [6, 6.07) is 18.6. The molecule has 0 aliphatic rings. The van der Waals surface area contributed by atoms with Crippen molar-refractivity contribution in [2.24, 2.45) is 0 Å². The normalized spacial score (nSPS) is 10.8. The molecular weight excluding hydrogens is 484 g/mol. The molecule has 0 radical (unpaired) electrons. The third-order valence-electron chi connectivity index (χ3n) is 4.73. The number of methoxy groups -OCH3 is 1. The van der Waals surface area contributed by atoms with E-state index in [2.05, 4.69) is 10.3 Å². The molecule has 3 aromatic carbocycles. The van der Waals surface area contributed by atoms with Crippen LogP contribution in [0.3, 0.4) is 0 Å². The van der Waals surface area contributed by atoms with Crippen LogP contribution >= 0.6 is 0 Å². The number of hydrogen-bond donors (Lipinski definition) is 1. The van der Waals surface area contributed by atoms with E-state index >= 15 is 0 Å². The molecule has 0 saturated heterocycles. The van der Waals surface area contributed by atoms with E-state index in [1.807, 2.05) is 54.6 Å². The summed E-state index contributed by atoms with van der Waals surface area (Å²) in [5, 5.41) is 2.62. The number of anilines is 1. The van der Waals surface area contributed by atoms with Crippen LogP contribution in [-0.2, 0) is 6.42 Å². The quantitative estimate of drug-likeness (QED) is 0.297. The number of rotatable bonds is 6. The molecule has 4 aromatic rings. The molecule has 0 unspecified atom stereocenters. The molecule has 0 saturated carbocycles. The maximum absolute atomic E-state index is 13.5. The summed E-state index contributed by atoms with van der Waals surface area (Å²) >= 11 is -0.322. The van der Waals surface area contributed by atoms with Crippen molar-refractivity contribution in [3.8, 4) is 17.0 Å². The Balaban J connectivity index is 1.67. The minimum absolute atomic E-state index is 0.317. The number of hydrogen-bond acceptors (Lipinski definition) is 3. The summed E-state index contributed by atoms with van der Waals surface area (Å²) in [7, 11) is 1.58. The van der Waals surface area contributed by atoms with E-state index in [1.165, 1.54) is 0 Å². The fourth-order valence-corrected chi connectivity index (χ4v) is 5.26. The van der Waals surface area contributed by atoms with E-state index in [9.17, 15) is 18.0 Å². The number of aromatic nitrogens is 1. The van der Waals surface area contributed by atoms with Gasteiger partial charge in [-0.2, -0.15) is 0 Å². The van der Waals surface area contributed by atoms with Gasteiger partial charge in [0.1, 0.15) is 0 Å². The molecule has 1 N–H and O–H groups in total. The Morgan fingerprint density at radius 1 is 1.00 bits per heavy atom. The zero-order chi connectivity index (χ0) is 22.7. The van der Waals surface area contributed by atoms with E-state index in [0.29, 0.717) is 29.0 Å². The van der Waals surface area contributed by atoms with Crippen LogP contribution < -0.4 is 10.1 Å². The summed E-state index contributed by atoms with van der Waals surface area (Å²) in [5.74, 6) is -4.50. The van der Waals surface area contributed by atoms with Crippen molar-refractivity contribution in [2.75, 3.05) is 12.4 Å². The molecular formula is C24H17F3N2O2Se. The third kappa shape index (κ3) is 4.77. The number of benzene rings is 3. The summed E-state index contributed by atoms with van der Waals surface area (Å²) in [4.78, 5) is 17.1. The molecule has 162 valence electrons. The molecule has 0 aliphatic carbocycles. The van der Waals surface area contributed by atoms with Crippen molar-refractivity contribution in [1.29, 1.82) is 0 Å². The molecule has 0 aliphatic heterocycles. The molecule has 0 fully saturated rings. The Bertz CT molecular complexity index is 1240. The van der Waals surface area contributed by atoms with Crippen LogP contribution in [0.2, 0.25) is 0 Å². The fraction of sp³-hybridized carbons (Fsp3) is 0.0833. The van der Waals surface area contributed by atoms with Crippen LogP contribution in [0.25, 0.3) is 11.3 Å². The first-order valence-corrected chi connectivity index (χ1v) is 11.3. The first kappa shape index (κ1) is 21.9. The van der Waals surface area contributed by atoms with Gasteiger partial charge in [-0.3, -0.25) is 0 Å². The Labute approximate surface area is 188 Å². The topological polar surface area (TPSA) is 51.2 Å². The average molecular weight is 501 g/mol. The first-order valence-electron chi connectivity index (χ1n) is 9.58. The fourth-order valence-electron chi connectivity index (χ4n) is 3.14. The van der Waals surface area contributed by atoms with Gasteiger partial charge in [0.25, 0.3) is 0 Å².